The third kappa shape index (κ3) is 5.40. The molecule has 1 atom stereocenters. The average Bonchev–Trinajstić information content (AvgIpc) is 3.59. The maximum Gasteiger partial charge on any atom is 0.338 e. The number of allylic oxidation sites excluding steroid dienone is 1. The first-order chi connectivity index (χ1) is 20.8. The van der Waals surface area contributed by atoms with E-state index in [1.165, 1.54) is 28.0 Å². The number of hydrogen-bond donors (Lipinski definition) is 0. The van der Waals surface area contributed by atoms with Gasteiger partial charge in [-0.1, -0.05) is 35.6 Å². The van der Waals surface area contributed by atoms with Gasteiger partial charge in [0, 0.05) is 17.7 Å². The van der Waals surface area contributed by atoms with Crippen molar-refractivity contribution in [2.24, 2.45) is 4.99 Å². The Morgan fingerprint density at radius 3 is 2.67 bits per heavy atom. The van der Waals surface area contributed by atoms with Gasteiger partial charge in [-0.2, -0.15) is 0 Å². The molecule has 4 aromatic rings. The zero-order valence-corrected chi connectivity index (χ0v) is 24.0. The number of nitrogens with zero attached hydrogens (tertiary/aromatic N) is 3. The first kappa shape index (κ1) is 27.9. The molecule has 0 saturated heterocycles. The summed E-state index contributed by atoms with van der Waals surface area (Å²) in [6, 6.07) is 17.9. The average molecular weight is 600 g/mol. The van der Waals surface area contributed by atoms with Crippen molar-refractivity contribution in [1.29, 1.82) is 0 Å². The van der Waals surface area contributed by atoms with Gasteiger partial charge in [-0.15, -0.1) is 0 Å². The number of carbonyl (C=O) groups is 1. The maximum atomic E-state index is 14.0. The Kier molecular flexibility index (Phi) is 7.51. The number of fused-ring (bicyclic) bond motifs is 2. The van der Waals surface area contributed by atoms with Crippen LogP contribution in [0.1, 0.15) is 36.6 Å². The summed E-state index contributed by atoms with van der Waals surface area (Å²) < 4.78 is 24.3. The molecule has 0 unspecified atom stereocenters. The molecule has 43 heavy (non-hydrogen) atoms. The van der Waals surface area contributed by atoms with Crippen LogP contribution in [0.4, 0.5) is 5.69 Å². The number of nitro benzene ring substituents is 1. The summed E-state index contributed by atoms with van der Waals surface area (Å²) in [6.07, 6.45) is 1.73. The van der Waals surface area contributed by atoms with Crippen LogP contribution in [-0.2, 0) is 16.1 Å². The van der Waals surface area contributed by atoms with Crippen molar-refractivity contribution >= 4 is 29.1 Å². The van der Waals surface area contributed by atoms with Crippen LogP contribution < -0.4 is 29.1 Å². The number of rotatable bonds is 8. The summed E-state index contributed by atoms with van der Waals surface area (Å²) >= 11 is 1.21. The van der Waals surface area contributed by atoms with Crippen molar-refractivity contribution < 1.29 is 28.7 Å². The lowest BCUT2D eigenvalue weighted by molar-refractivity contribution is -0.384. The predicted molar refractivity (Wildman–Crippen MR) is 157 cm³/mol. The number of thiazole rings is 1. The SMILES string of the molecule is CCOC(=O)C1=C(C)N=c2s/c(=C\c3ccccc3OCc3ccc([N+](=O)[O-])cc3)c(=O)n2[C@H]1c1ccc2c(c1)OCO2. The highest BCUT2D eigenvalue weighted by Gasteiger charge is 2.34. The Bertz CT molecular complexity index is 1960. The molecule has 12 heteroatoms. The summed E-state index contributed by atoms with van der Waals surface area (Å²) in [5.74, 6) is 1.09. The summed E-state index contributed by atoms with van der Waals surface area (Å²) in [7, 11) is 0. The van der Waals surface area contributed by atoms with Gasteiger partial charge in [-0.25, -0.2) is 9.79 Å². The zero-order chi connectivity index (χ0) is 30.1. The van der Waals surface area contributed by atoms with E-state index < -0.39 is 16.9 Å². The highest BCUT2D eigenvalue weighted by molar-refractivity contribution is 7.07. The Morgan fingerprint density at radius 2 is 1.91 bits per heavy atom. The van der Waals surface area contributed by atoms with E-state index in [4.69, 9.17) is 18.9 Å². The summed E-state index contributed by atoms with van der Waals surface area (Å²) in [4.78, 5) is 42.7. The molecule has 0 N–H and O–H groups in total. The molecule has 11 nitrogen and oxygen atoms in total. The Morgan fingerprint density at radius 1 is 1.14 bits per heavy atom. The van der Waals surface area contributed by atoms with Gasteiger partial charge < -0.3 is 18.9 Å². The van der Waals surface area contributed by atoms with Gasteiger partial charge >= 0.3 is 5.97 Å². The number of ether oxygens (including phenoxy) is 4. The van der Waals surface area contributed by atoms with E-state index >= 15 is 0 Å². The molecule has 0 saturated carbocycles. The van der Waals surface area contributed by atoms with Crippen LogP contribution >= 0.6 is 11.3 Å². The molecule has 0 radical (unpaired) electrons. The summed E-state index contributed by atoms with van der Waals surface area (Å²) in [5, 5.41) is 11.0. The molecule has 1 aromatic heterocycles. The standard InChI is InChI=1S/C31H25N3O8S/c1-3-39-30(36)27-18(2)32-31-33(28(27)21-10-13-24-25(14-21)42-17-41-24)29(35)26(43-31)15-20-6-4-5-7-23(20)40-16-19-8-11-22(12-9-19)34(37)38/h4-15,28H,3,16-17H2,1-2H3/b26-15-/t28-/m0/s1. The smallest absolute Gasteiger partial charge is 0.338 e. The quantitative estimate of drug-likeness (QED) is 0.169. The van der Waals surface area contributed by atoms with Crippen molar-refractivity contribution in [2.45, 2.75) is 26.5 Å². The van der Waals surface area contributed by atoms with E-state index in [0.29, 0.717) is 43.4 Å². The molecule has 6 rings (SSSR count). The molecule has 0 aliphatic carbocycles. The second kappa shape index (κ2) is 11.6. The molecule has 0 spiro atoms. The summed E-state index contributed by atoms with van der Waals surface area (Å²) in [5.41, 5.74) is 2.47. The third-order valence-electron chi connectivity index (χ3n) is 6.98. The fourth-order valence-electron chi connectivity index (χ4n) is 4.94. The Balaban J connectivity index is 1.40. The van der Waals surface area contributed by atoms with Gasteiger partial charge in [0.1, 0.15) is 12.4 Å². The zero-order valence-electron chi connectivity index (χ0n) is 23.1. The van der Waals surface area contributed by atoms with E-state index in [1.54, 1.807) is 56.3 Å². The number of carbonyl (C=O) groups excluding carboxylic acids is 1. The molecule has 0 fully saturated rings. The van der Waals surface area contributed by atoms with E-state index in [-0.39, 0.29) is 36.8 Å². The number of aromatic nitrogens is 1. The lowest BCUT2D eigenvalue weighted by Crippen LogP contribution is -2.39. The van der Waals surface area contributed by atoms with Crippen molar-refractivity contribution in [3.63, 3.8) is 0 Å². The molecular weight excluding hydrogens is 574 g/mol. The van der Waals surface area contributed by atoms with Crippen molar-refractivity contribution in [2.75, 3.05) is 13.4 Å². The third-order valence-corrected chi connectivity index (χ3v) is 7.96. The van der Waals surface area contributed by atoms with E-state index in [2.05, 4.69) is 4.99 Å². The minimum absolute atomic E-state index is 0.0000668. The van der Waals surface area contributed by atoms with E-state index in [9.17, 15) is 19.7 Å². The first-order valence-corrected chi connectivity index (χ1v) is 14.2. The van der Waals surface area contributed by atoms with Gasteiger partial charge in [-0.05, 0) is 61.4 Å². The number of para-hydroxylation sites is 1. The van der Waals surface area contributed by atoms with Crippen molar-refractivity contribution in [1.82, 2.24) is 4.57 Å². The second-order valence-electron chi connectivity index (χ2n) is 9.67. The van der Waals surface area contributed by atoms with Gasteiger partial charge in [0.25, 0.3) is 11.2 Å². The van der Waals surface area contributed by atoms with Crippen LogP contribution in [0.3, 0.4) is 0 Å². The largest absolute Gasteiger partial charge is 0.488 e. The Hall–Kier alpha value is -5.23. The van der Waals surface area contributed by atoms with Gasteiger partial charge in [0.05, 0.1) is 33.4 Å². The normalized spacial score (nSPS) is 15.6. The molecule has 0 amide bonds. The molecule has 0 bridgehead atoms. The number of nitro groups is 1. The molecule has 3 aromatic carbocycles. The molecule has 2 aliphatic heterocycles. The van der Waals surface area contributed by atoms with Crippen molar-refractivity contribution in [3.05, 3.63) is 124 Å². The predicted octanol–water partition coefficient (Wildman–Crippen LogP) is 4.01. The summed E-state index contributed by atoms with van der Waals surface area (Å²) in [6.45, 7) is 3.89. The van der Waals surface area contributed by atoms with Crippen molar-refractivity contribution in [3.8, 4) is 17.2 Å². The van der Waals surface area contributed by atoms with Crippen LogP contribution in [0.15, 0.2) is 87.8 Å². The van der Waals surface area contributed by atoms with Gasteiger partial charge in [-0.3, -0.25) is 19.5 Å². The highest BCUT2D eigenvalue weighted by Crippen LogP contribution is 2.38. The van der Waals surface area contributed by atoms with Gasteiger partial charge in [0.2, 0.25) is 6.79 Å². The number of non-ortho nitro benzene ring substituents is 1. The van der Waals surface area contributed by atoms with Crippen LogP contribution in [0.2, 0.25) is 0 Å². The monoisotopic (exact) mass is 599 g/mol. The highest BCUT2D eigenvalue weighted by atomic mass is 32.1. The Labute approximate surface area is 248 Å². The number of hydrogen-bond acceptors (Lipinski definition) is 10. The topological polar surface area (TPSA) is 131 Å². The van der Waals surface area contributed by atoms with E-state index in [1.807, 2.05) is 18.2 Å². The lowest BCUT2D eigenvalue weighted by atomic mass is 9.95. The van der Waals surface area contributed by atoms with Crippen LogP contribution in [-0.4, -0.2) is 28.9 Å². The number of benzene rings is 3. The van der Waals surface area contributed by atoms with Gasteiger partial charge in [0.15, 0.2) is 16.3 Å². The molecule has 3 heterocycles. The molecular formula is C31H25N3O8S. The first-order valence-electron chi connectivity index (χ1n) is 13.4. The maximum absolute atomic E-state index is 14.0. The second-order valence-corrected chi connectivity index (χ2v) is 10.7. The molecule has 2 aliphatic rings. The van der Waals surface area contributed by atoms with E-state index in [0.717, 1.165) is 5.56 Å². The fraction of sp³-hybridized carbons (Fsp3) is 0.194. The lowest BCUT2D eigenvalue weighted by Gasteiger charge is -2.24. The van der Waals surface area contributed by atoms with Crippen LogP contribution in [0.25, 0.3) is 6.08 Å². The molecule has 218 valence electrons. The minimum Gasteiger partial charge on any atom is -0.488 e. The number of esters is 1. The van der Waals surface area contributed by atoms with Crippen LogP contribution in [0, 0.1) is 10.1 Å². The minimum atomic E-state index is -0.791. The van der Waals surface area contributed by atoms with Crippen LogP contribution in [0.5, 0.6) is 17.2 Å². The fourth-order valence-corrected chi connectivity index (χ4v) is 5.98.